The van der Waals surface area contributed by atoms with E-state index in [1.165, 1.54) is 7.11 Å². The fraction of sp³-hybridized carbons (Fsp3) is 0.364. The van der Waals surface area contributed by atoms with E-state index in [0.717, 1.165) is 0 Å². The summed E-state index contributed by atoms with van der Waals surface area (Å²) in [5.74, 6) is -1.65. The van der Waals surface area contributed by atoms with Gasteiger partial charge in [-0.1, -0.05) is 0 Å². The Labute approximate surface area is 97.9 Å². The van der Waals surface area contributed by atoms with Gasteiger partial charge >= 0.3 is 5.97 Å². The molecule has 1 atom stereocenters. The van der Waals surface area contributed by atoms with Gasteiger partial charge in [0.15, 0.2) is 5.92 Å². The molecule has 0 bridgehead atoms. The Kier molecular flexibility index (Phi) is 2.95. The van der Waals surface area contributed by atoms with E-state index >= 15 is 0 Å². The molecule has 6 heteroatoms. The number of pyridine rings is 1. The van der Waals surface area contributed by atoms with E-state index in [2.05, 4.69) is 10.3 Å². The normalized spacial score (nSPS) is 17.3. The second-order valence-electron chi connectivity index (χ2n) is 3.46. The summed E-state index contributed by atoms with van der Waals surface area (Å²) >= 11 is 0. The summed E-state index contributed by atoms with van der Waals surface area (Å²) in [5, 5.41) is 2.58. The fourth-order valence-electron chi connectivity index (χ4n) is 1.67. The number of fused-ring (bicyclic) bond motifs is 1. The van der Waals surface area contributed by atoms with Crippen molar-refractivity contribution in [2.75, 3.05) is 19.0 Å². The molecule has 0 saturated heterocycles. The number of nitrogens with zero attached hydrogens (tertiary/aromatic N) is 1. The van der Waals surface area contributed by atoms with E-state index in [9.17, 15) is 9.59 Å². The molecule has 2 heterocycles. The zero-order valence-corrected chi connectivity index (χ0v) is 9.52. The summed E-state index contributed by atoms with van der Waals surface area (Å²) in [6.45, 7) is 1.91. The molecule has 0 spiro atoms. The topological polar surface area (TPSA) is 77.5 Å². The highest BCUT2D eigenvalue weighted by atomic mass is 16.5. The van der Waals surface area contributed by atoms with Gasteiger partial charge in [-0.05, 0) is 13.0 Å². The van der Waals surface area contributed by atoms with E-state index in [-0.39, 0.29) is 6.61 Å². The van der Waals surface area contributed by atoms with Gasteiger partial charge in [0.1, 0.15) is 0 Å². The first-order chi connectivity index (χ1) is 8.17. The molecule has 0 saturated carbocycles. The molecule has 17 heavy (non-hydrogen) atoms. The van der Waals surface area contributed by atoms with Crippen LogP contribution in [0.5, 0.6) is 5.88 Å². The Hall–Kier alpha value is -2.11. The number of hydrogen-bond acceptors (Lipinski definition) is 5. The fourth-order valence-corrected chi connectivity index (χ4v) is 1.67. The van der Waals surface area contributed by atoms with Crippen molar-refractivity contribution in [3.63, 3.8) is 0 Å². The maximum Gasteiger partial charge on any atom is 0.324 e. The van der Waals surface area contributed by atoms with Crippen LogP contribution in [0.25, 0.3) is 0 Å². The predicted molar refractivity (Wildman–Crippen MR) is 58.8 cm³/mol. The first-order valence-electron chi connectivity index (χ1n) is 5.19. The van der Waals surface area contributed by atoms with Crippen molar-refractivity contribution in [2.45, 2.75) is 12.8 Å². The van der Waals surface area contributed by atoms with Gasteiger partial charge < -0.3 is 14.8 Å². The number of hydrogen-bond donors (Lipinski definition) is 1. The van der Waals surface area contributed by atoms with Gasteiger partial charge in [0.2, 0.25) is 11.8 Å². The highest BCUT2D eigenvalue weighted by Gasteiger charge is 2.39. The Balaban J connectivity index is 2.37. The van der Waals surface area contributed by atoms with E-state index in [0.29, 0.717) is 17.3 Å². The van der Waals surface area contributed by atoms with Gasteiger partial charge in [0, 0.05) is 6.07 Å². The average molecular weight is 236 g/mol. The van der Waals surface area contributed by atoms with Crippen molar-refractivity contribution in [1.29, 1.82) is 0 Å². The van der Waals surface area contributed by atoms with Crippen LogP contribution in [-0.2, 0) is 14.3 Å². The Morgan fingerprint density at radius 2 is 2.29 bits per heavy atom. The molecule has 1 aromatic rings. The van der Waals surface area contributed by atoms with Crippen LogP contribution >= 0.6 is 0 Å². The minimum Gasteiger partial charge on any atom is -0.481 e. The number of nitrogens with one attached hydrogen (secondary N) is 1. The minimum atomic E-state index is -1.000. The standard InChI is InChI=1S/C11H12N2O4/c1-3-17-11(15)8-9-6(12-10(8)14)4-5-7(13-9)16-2/h4-5,8H,3H2,1-2H3,(H,12,14)/t8-/m0/s1. The van der Waals surface area contributed by atoms with Crippen molar-refractivity contribution < 1.29 is 19.1 Å². The maximum absolute atomic E-state index is 11.7. The van der Waals surface area contributed by atoms with Crippen molar-refractivity contribution in [1.82, 2.24) is 4.98 Å². The van der Waals surface area contributed by atoms with Crippen LogP contribution in [0.4, 0.5) is 5.69 Å². The summed E-state index contributed by atoms with van der Waals surface area (Å²) < 4.78 is 9.81. The molecule has 6 nitrogen and oxygen atoms in total. The predicted octanol–water partition coefficient (Wildman–Crippen LogP) is 0.689. The molecule has 0 unspecified atom stereocenters. The number of esters is 1. The second-order valence-corrected chi connectivity index (χ2v) is 3.46. The van der Waals surface area contributed by atoms with Crippen LogP contribution in [0.2, 0.25) is 0 Å². The second kappa shape index (κ2) is 4.40. The van der Waals surface area contributed by atoms with Gasteiger partial charge in [-0.15, -0.1) is 0 Å². The molecular weight excluding hydrogens is 224 g/mol. The first-order valence-corrected chi connectivity index (χ1v) is 5.19. The largest absolute Gasteiger partial charge is 0.481 e. The van der Waals surface area contributed by atoms with Crippen LogP contribution in [-0.4, -0.2) is 30.6 Å². The first kappa shape index (κ1) is 11.4. The summed E-state index contributed by atoms with van der Waals surface area (Å²) in [5.41, 5.74) is 0.877. The lowest BCUT2D eigenvalue weighted by molar-refractivity contribution is -0.147. The molecule has 1 aromatic heterocycles. The number of carbonyl (C=O) groups excluding carboxylic acids is 2. The number of aromatic nitrogens is 1. The lowest BCUT2D eigenvalue weighted by Gasteiger charge is -2.07. The van der Waals surface area contributed by atoms with Crippen molar-refractivity contribution >= 4 is 17.6 Å². The molecule has 1 aliphatic rings. The van der Waals surface area contributed by atoms with Gasteiger partial charge in [-0.2, -0.15) is 0 Å². The molecule has 0 aromatic carbocycles. The molecule has 1 aliphatic heterocycles. The van der Waals surface area contributed by atoms with Crippen LogP contribution in [0, 0.1) is 0 Å². The van der Waals surface area contributed by atoms with Gasteiger partial charge in [-0.3, -0.25) is 9.59 Å². The summed E-state index contributed by atoms with van der Waals surface area (Å²) in [6, 6.07) is 3.27. The van der Waals surface area contributed by atoms with Crippen molar-refractivity contribution in [2.24, 2.45) is 0 Å². The maximum atomic E-state index is 11.7. The third kappa shape index (κ3) is 1.93. The van der Waals surface area contributed by atoms with E-state index in [4.69, 9.17) is 9.47 Å². The Bertz CT molecular complexity index is 473. The molecule has 2 rings (SSSR count). The van der Waals surface area contributed by atoms with Crippen molar-refractivity contribution in [3.05, 3.63) is 17.8 Å². The van der Waals surface area contributed by atoms with E-state index in [1.54, 1.807) is 19.1 Å². The summed E-state index contributed by atoms with van der Waals surface area (Å²) in [7, 11) is 1.47. The molecule has 0 fully saturated rings. The molecule has 0 radical (unpaired) electrons. The van der Waals surface area contributed by atoms with E-state index in [1.807, 2.05) is 0 Å². The van der Waals surface area contributed by atoms with Crippen LogP contribution in [0.15, 0.2) is 12.1 Å². The Morgan fingerprint density at radius 3 is 2.94 bits per heavy atom. The number of amides is 1. The highest BCUT2D eigenvalue weighted by Crippen LogP contribution is 2.33. The van der Waals surface area contributed by atoms with Gasteiger partial charge in [-0.25, -0.2) is 4.98 Å². The number of anilines is 1. The third-order valence-electron chi connectivity index (χ3n) is 2.42. The summed E-state index contributed by atoms with van der Waals surface area (Å²) in [6.07, 6.45) is 0. The number of rotatable bonds is 3. The SMILES string of the molecule is CCOC(=O)[C@@H]1C(=O)Nc2ccc(OC)nc21. The molecular formula is C11H12N2O4. The zero-order valence-electron chi connectivity index (χ0n) is 9.52. The molecule has 1 amide bonds. The molecule has 1 N–H and O–H groups in total. The third-order valence-corrected chi connectivity index (χ3v) is 2.42. The smallest absolute Gasteiger partial charge is 0.324 e. The molecule has 0 aliphatic carbocycles. The van der Waals surface area contributed by atoms with Gasteiger partial charge in [0.25, 0.3) is 0 Å². The minimum absolute atomic E-state index is 0.224. The van der Waals surface area contributed by atoms with Crippen LogP contribution in [0.1, 0.15) is 18.5 Å². The number of methoxy groups -OCH3 is 1. The number of carbonyl (C=O) groups is 2. The lowest BCUT2D eigenvalue weighted by Crippen LogP contribution is -2.23. The van der Waals surface area contributed by atoms with Crippen molar-refractivity contribution in [3.8, 4) is 5.88 Å². The highest BCUT2D eigenvalue weighted by molar-refractivity contribution is 6.14. The summed E-state index contributed by atoms with van der Waals surface area (Å²) in [4.78, 5) is 27.4. The quantitative estimate of drug-likeness (QED) is 0.617. The average Bonchev–Trinajstić information content (AvgIpc) is 2.64. The Morgan fingerprint density at radius 1 is 1.53 bits per heavy atom. The van der Waals surface area contributed by atoms with Crippen LogP contribution < -0.4 is 10.1 Å². The van der Waals surface area contributed by atoms with Gasteiger partial charge in [0.05, 0.1) is 25.1 Å². The lowest BCUT2D eigenvalue weighted by atomic mass is 10.1. The van der Waals surface area contributed by atoms with Crippen LogP contribution in [0.3, 0.4) is 0 Å². The monoisotopic (exact) mass is 236 g/mol. The zero-order chi connectivity index (χ0) is 12.4. The number of ether oxygens (including phenoxy) is 2. The molecule has 90 valence electrons. The van der Waals surface area contributed by atoms with E-state index < -0.39 is 17.8 Å².